The van der Waals surface area contributed by atoms with Gasteiger partial charge in [0, 0.05) is 25.1 Å². The van der Waals surface area contributed by atoms with E-state index in [4.69, 9.17) is 10.1 Å². The van der Waals surface area contributed by atoms with Gasteiger partial charge in [0.15, 0.2) is 5.96 Å². The van der Waals surface area contributed by atoms with Crippen LogP contribution in [0.5, 0.6) is 0 Å². The molecule has 0 aliphatic heterocycles. The van der Waals surface area contributed by atoms with E-state index in [2.05, 4.69) is 47.9 Å². The van der Waals surface area contributed by atoms with Crippen molar-refractivity contribution >= 4 is 5.96 Å². The molecular formula is C17H27N3O. The third-order valence-corrected chi connectivity index (χ3v) is 4.05. The Kier molecular flexibility index (Phi) is 5.62. The summed E-state index contributed by atoms with van der Waals surface area (Å²) in [5.41, 5.74) is 1.64. The molecule has 116 valence electrons. The molecule has 0 aromatic heterocycles. The Balaban J connectivity index is 1.96. The highest BCUT2D eigenvalue weighted by Crippen LogP contribution is 2.48. The van der Waals surface area contributed by atoms with E-state index in [0.717, 1.165) is 25.6 Å². The second kappa shape index (κ2) is 7.46. The van der Waals surface area contributed by atoms with Gasteiger partial charge in [-0.15, -0.1) is 0 Å². The number of aliphatic hydroxyl groups is 1. The summed E-state index contributed by atoms with van der Waals surface area (Å²) in [6.07, 6.45) is 2.43. The Hall–Kier alpha value is -1.55. The third kappa shape index (κ3) is 4.46. The molecule has 21 heavy (non-hydrogen) atoms. The number of guanidine groups is 1. The second-order valence-corrected chi connectivity index (χ2v) is 6.01. The largest absolute Gasteiger partial charge is 0.396 e. The van der Waals surface area contributed by atoms with Crippen molar-refractivity contribution in [1.82, 2.24) is 10.6 Å². The lowest BCUT2D eigenvalue weighted by molar-refractivity contribution is 0.238. The van der Waals surface area contributed by atoms with Gasteiger partial charge < -0.3 is 15.7 Å². The summed E-state index contributed by atoms with van der Waals surface area (Å²) in [6, 6.07) is 10.7. The minimum absolute atomic E-state index is 0.195. The minimum atomic E-state index is 0.195. The molecule has 1 unspecified atom stereocenters. The Labute approximate surface area is 127 Å². The summed E-state index contributed by atoms with van der Waals surface area (Å²) in [5, 5.41) is 15.7. The van der Waals surface area contributed by atoms with Crippen LogP contribution in [0.3, 0.4) is 0 Å². The molecule has 1 aliphatic carbocycles. The summed E-state index contributed by atoms with van der Waals surface area (Å²) >= 11 is 0. The molecule has 0 amide bonds. The molecule has 0 radical (unpaired) electrons. The van der Waals surface area contributed by atoms with Crippen molar-refractivity contribution in [3.05, 3.63) is 35.9 Å². The van der Waals surface area contributed by atoms with Gasteiger partial charge in [0.05, 0.1) is 6.54 Å². The first-order valence-corrected chi connectivity index (χ1v) is 7.89. The zero-order valence-electron chi connectivity index (χ0n) is 13.1. The number of nitrogens with zero attached hydrogens (tertiary/aromatic N) is 1. The Morgan fingerprint density at radius 3 is 2.57 bits per heavy atom. The second-order valence-electron chi connectivity index (χ2n) is 6.01. The first kappa shape index (κ1) is 15.8. The fourth-order valence-corrected chi connectivity index (χ4v) is 2.39. The van der Waals surface area contributed by atoms with Crippen molar-refractivity contribution in [1.29, 1.82) is 0 Å². The van der Waals surface area contributed by atoms with E-state index in [-0.39, 0.29) is 17.9 Å². The number of nitrogens with one attached hydrogen (secondary N) is 2. The van der Waals surface area contributed by atoms with Crippen LogP contribution in [0, 0.1) is 5.92 Å². The molecule has 1 atom stereocenters. The lowest BCUT2D eigenvalue weighted by atomic mass is 9.96. The highest BCUT2D eigenvalue weighted by atomic mass is 16.3. The molecule has 0 heterocycles. The van der Waals surface area contributed by atoms with Gasteiger partial charge in [-0.2, -0.15) is 0 Å². The molecule has 1 saturated carbocycles. The van der Waals surface area contributed by atoms with Crippen molar-refractivity contribution in [2.24, 2.45) is 10.9 Å². The molecule has 4 nitrogen and oxygen atoms in total. The highest BCUT2D eigenvalue weighted by molar-refractivity contribution is 5.79. The SMILES string of the molecule is CCNC(=NCC1(c2ccccc2)CC1)NCC(C)CO. The summed E-state index contributed by atoms with van der Waals surface area (Å²) in [6.45, 7) is 6.68. The molecule has 1 aliphatic rings. The van der Waals surface area contributed by atoms with Crippen LogP contribution in [-0.4, -0.2) is 37.3 Å². The molecule has 0 bridgehead atoms. The average molecular weight is 289 g/mol. The van der Waals surface area contributed by atoms with Gasteiger partial charge in [0.2, 0.25) is 0 Å². The van der Waals surface area contributed by atoms with Crippen molar-refractivity contribution in [2.45, 2.75) is 32.1 Å². The molecule has 0 saturated heterocycles. The van der Waals surface area contributed by atoms with Crippen molar-refractivity contribution < 1.29 is 5.11 Å². The normalized spacial score (nSPS) is 18.1. The summed E-state index contributed by atoms with van der Waals surface area (Å²) in [4.78, 5) is 4.74. The maximum Gasteiger partial charge on any atom is 0.191 e. The van der Waals surface area contributed by atoms with Crippen molar-refractivity contribution in [2.75, 3.05) is 26.2 Å². The standard InChI is InChI=1S/C17H27N3O/c1-3-18-16(19-11-14(2)12-21)20-13-17(9-10-17)15-7-5-4-6-8-15/h4-8,14,21H,3,9-13H2,1-2H3,(H2,18,19,20). The van der Waals surface area contributed by atoms with Crippen molar-refractivity contribution in [3.63, 3.8) is 0 Å². The van der Waals surface area contributed by atoms with Gasteiger partial charge in [-0.3, -0.25) is 4.99 Å². The Morgan fingerprint density at radius 1 is 1.29 bits per heavy atom. The van der Waals surface area contributed by atoms with E-state index < -0.39 is 0 Å². The fourth-order valence-electron chi connectivity index (χ4n) is 2.39. The van der Waals surface area contributed by atoms with Crippen LogP contribution in [0.25, 0.3) is 0 Å². The topological polar surface area (TPSA) is 56.7 Å². The van der Waals surface area contributed by atoms with Crippen LogP contribution in [0.15, 0.2) is 35.3 Å². The van der Waals surface area contributed by atoms with E-state index >= 15 is 0 Å². The number of aliphatic hydroxyl groups excluding tert-OH is 1. The predicted molar refractivity (Wildman–Crippen MR) is 87.6 cm³/mol. The number of hydrogen-bond donors (Lipinski definition) is 3. The van der Waals surface area contributed by atoms with Crippen LogP contribution in [0.2, 0.25) is 0 Å². The Bertz CT molecular complexity index is 454. The predicted octanol–water partition coefficient (Wildman–Crippen LogP) is 1.90. The van der Waals surface area contributed by atoms with Crippen LogP contribution in [0.4, 0.5) is 0 Å². The molecule has 1 fully saturated rings. The van der Waals surface area contributed by atoms with E-state index in [1.165, 1.54) is 18.4 Å². The van der Waals surface area contributed by atoms with E-state index in [1.54, 1.807) is 0 Å². The van der Waals surface area contributed by atoms with E-state index in [9.17, 15) is 0 Å². The van der Waals surface area contributed by atoms with E-state index in [1.807, 2.05) is 6.92 Å². The maximum atomic E-state index is 9.10. The lowest BCUT2D eigenvalue weighted by Gasteiger charge is -2.17. The zero-order chi connectivity index (χ0) is 15.1. The monoisotopic (exact) mass is 289 g/mol. The van der Waals surface area contributed by atoms with Crippen molar-refractivity contribution in [3.8, 4) is 0 Å². The minimum Gasteiger partial charge on any atom is -0.396 e. The van der Waals surface area contributed by atoms with Gasteiger partial charge in [-0.05, 0) is 31.2 Å². The summed E-state index contributed by atoms with van der Waals surface area (Å²) in [5.74, 6) is 1.08. The maximum absolute atomic E-state index is 9.10. The summed E-state index contributed by atoms with van der Waals surface area (Å²) < 4.78 is 0. The van der Waals surface area contributed by atoms with Crippen LogP contribution >= 0.6 is 0 Å². The quantitative estimate of drug-likeness (QED) is 0.531. The molecular weight excluding hydrogens is 262 g/mol. The third-order valence-electron chi connectivity index (χ3n) is 4.05. The molecule has 2 rings (SSSR count). The smallest absolute Gasteiger partial charge is 0.191 e. The Morgan fingerprint density at radius 2 is 2.00 bits per heavy atom. The molecule has 1 aromatic carbocycles. The summed E-state index contributed by atoms with van der Waals surface area (Å²) in [7, 11) is 0. The number of aliphatic imine (C=N–C) groups is 1. The van der Waals surface area contributed by atoms with Gasteiger partial charge in [-0.1, -0.05) is 37.3 Å². The van der Waals surface area contributed by atoms with Crippen LogP contribution in [0.1, 0.15) is 32.3 Å². The lowest BCUT2D eigenvalue weighted by Crippen LogP contribution is -2.40. The number of benzene rings is 1. The molecule has 4 heteroatoms. The van der Waals surface area contributed by atoms with Gasteiger partial charge in [0.1, 0.15) is 0 Å². The molecule has 0 spiro atoms. The number of rotatable bonds is 7. The fraction of sp³-hybridized carbons (Fsp3) is 0.588. The van der Waals surface area contributed by atoms with Crippen LogP contribution < -0.4 is 10.6 Å². The van der Waals surface area contributed by atoms with Gasteiger partial charge in [0.25, 0.3) is 0 Å². The van der Waals surface area contributed by atoms with Gasteiger partial charge in [-0.25, -0.2) is 0 Å². The molecule has 3 N–H and O–H groups in total. The number of hydrogen-bond acceptors (Lipinski definition) is 2. The average Bonchev–Trinajstić information content (AvgIpc) is 3.32. The highest BCUT2D eigenvalue weighted by Gasteiger charge is 2.43. The van der Waals surface area contributed by atoms with Gasteiger partial charge >= 0.3 is 0 Å². The molecule has 1 aromatic rings. The van der Waals surface area contributed by atoms with Crippen LogP contribution in [-0.2, 0) is 5.41 Å². The van der Waals surface area contributed by atoms with E-state index in [0.29, 0.717) is 0 Å². The first-order valence-electron chi connectivity index (χ1n) is 7.89. The zero-order valence-corrected chi connectivity index (χ0v) is 13.1. The first-order chi connectivity index (χ1) is 10.2.